The standard InChI is InChI=1S/C15H15ClN2O3/c1-18(15(20)11-5-6-17-14(16)8-11)9-10-3-4-12(19)13(7-10)21-2/h3-8,19H,9H2,1-2H3. The normalized spacial score (nSPS) is 10.2. The van der Waals surface area contributed by atoms with Crippen LogP contribution in [0.15, 0.2) is 36.5 Å². The average Bonchev–Trinajstić information content (AvgIpc) is 2.48. The molecule has 0 unspecified atom stereocenters. The summed E-state index contributed by atoms with van der Waals surface area (Å²) < 4.78 is 5.05. The van der Waals surface area contributed by atoms with Gasteiger partial charge in [0.1, 0.15) is 5.15 Å². The predicted molar refractivity (Wildman–Crippen MR) is 79.7 cm³/mol. The van der Waals surface area contributed by atoms with Crippen molar-refractivity contribution in [3.63, 3.8) is 0 Å². The number of hydrogen-bond donors (Lipinski definition) is 1. The molecule has 1 aromatic heterocycles. The van der Waals surface area contributed by atoms with Crippen LogP contribution in [0.4, 0.5) is 0 Å². The zero-order valence-corrected chi connectivity index (χ0v) is 12.5. The van der Waals surface area contributed by atoms with Crippen LogP contribution >= 0.6 is 11.6 Å². The van der Waals surface area contributed by atoms with Gasteiger partial charge in [-0.2, -0.15) is 0 Å². The third kappa shape index (κ3) is 3.64. The van der Waals surface area contributed by atoms with Crippen LogP contribution in [-0.4, -0.2) is 35.1 Å². The van der Waals surface area contributed by atoms with Gasteiger partial charge in [-0.1, -0.05) is 17.7 Å². The van der Waals surface area contributed by atoms with Crippen molar-refractivity contribution in [2.24, 2.45) is 0 Å². The molecule has 0 saturated carbocycles. The predicted octanol–water partition coefficient (Wildman–Crippen LogP) is 2.72. The van der Waals surface area contributed by atoms with Gasteiger partial charge in [0.2, 0.25) is 0 Å². The Kier molecular flexibility index (Phi) is 4.65. The summed E-state index contributed by atoms with van der Waals surface area (Å²) in [6.07, 6.45) is 1.49. The summed E-state index contributed by atoms with van der Waals surface area (Å²) in [7, 11) is 3.17. The number of rotatable bonds is 4. The molecule has 0 bridgehead atoms. The van der Waals surface area contributed by atoms with Crippen LogP contribution in [0.1, 0.15) is 15.9 Å². The van der Waals surface area contributed by atoms with Crippen molar-refractivity contribution >= 4 is 17.5 Å². The van der Waals surface area contributed by atoms with Crippen molar-refractivity contribution in [3.05, 3.63) is 52.8 Å². The summed E-state index contributed by atoms with van der Waals surface area (Å²) in [5, 5.41) is 9.84. The van der Waals surface area contributed by atoms with Crippen LogP contribution in [0.5, 0.6) is 11.5 Å². The minimum atomic E-state index is -0.161. The third-order valence-electron chi connectivity index (χ3n) is 2.98. The minimum Gasteiger partial charge on any atom is -0.504 e. The monoisotopic (exact) mass is 306 g/mol. The Hall–Kier alpha value is -2.27. The van der Waals surface area contributed by atoms with Gasteiger partial charge in [-0.25, -0.2) is 4.98 Å². The number of methoxy groups -OCH3 is 1. The molecule has 1 aromatic carbocycles. The van der Waals surface area contributed by atoms with Crippen LogP contribution in [0.3, 0.4) is 0 Å². The van der Waals surface area contributed by atoms with Crippen LogP contribution in [0.25, 0.3) is 0 Å². The summed E-state index contributed by atoms with van der Waals surface area (Å²) in [4.78, 5) is 17.7. The van der Waals surface area contributed by atoms with E-state index in [1.165, 1.54) is 25.4 Å². The lowest BCUT2D eigenvalue weighted by Crippen LogP contribution is -2.26. The van der Waals surface area contributed by atoms with E-state index in [4.69, 9.17) is 16.3 Å². The Bertz CT molecular complexity index is 661. The molecule has 0 fully saturated rings. The Balaban J connectivity index is 2.14. The van der Waals surface area contributed by atoms with E-state index in [9.17, 15) is 9.90 Å². The van der Waals surface area contributed by atoms with E-state index in [2.05, 4.69) is 4.98 Å². The first-order valence-electron chi connectivity index (χ1n) is 6.24. The highest BCUT2D eigenvalue weighted by atomic mass is 35.5. The lowest BCUT2D eigenvalue weighted by molar-refractivity contribution is 0.0785. The molecule has 0 aliphatic rings. The van der Waals surface area contributed by atoms with Crippen molar-refractivity contribution in [1.82, 2.24) is 9.88 Å². The van der Waals surface area contributed by atoms with E-state index in [1.807, 2.05) is 0 Å². The number of halogens is 1. The number of nitrogens with zero attached hydrogens (tertiary/aromatic N) is 2. The summed E-state index contributed by atoms with van der Waals surface area (Å²) in [6, 6.07) is 8.11. The first-order chi connectivity index (χ1) is 10.0. The van der Waals surface area contributed by atoms with Crippen LogP contribution in [-0.2, 0) is 6.54 Å². The van der Waals surface area contributed by atoms with Crippen LogP contribution < -0.4 is 4.74 Å². The van der Waals surface area contributed by atoms with E-state index in [-0.39, 0.29) is 16.8 Å². The van der Waals surface area contributed by atoms with Gasteiger partial charge in [0.15, 0.2) is 11.5 Å². The highest BCUT2D eigenvalue weighted by Crippen LogP contribution is 2.26. The molecule has 21 heavy (non-hydrogen) atoms. The molecule has 1 amide bonds. The number of pyridine rings is 1. The Labute approximate surface area is 127 Å². The number of ether oxygens (including phenoxy) is 1. The lowest BCUT2D eigenvalue weighted by atomic mass is 10.1. The fourth-order valence-electron chi connectivity index (χ4n) is 1.92. The minimum absolute atomic E-state index is 0.0659. The molecule has 0 aliphatic carbocycles. The summed E-state index contributed by atoms with van der Waals surface area (Å²) >= 11 is 5.78. The van der Waals surface area contributed by atoms with Crippen molar-refractivity contribution in [3.8, 4) is 11.5 Å². The maximum atomic E-state index is 12.3. The van der Waals surface area contributed by atoms with Crippen molar-refractivity contribution in [2.75, 3.05) is 14.2 Å². The number of carbonyl (C=O) groups excluding carboxylic acids is 1. The fraction of sp³-hybridized carbons (Fsp3) is 0.200. The summed E-state index contributed by atoms with van der Waals surface area (Å²) in [5.41, 5.74) is 1.32. The molecule has 2 rings (SSSR count). The molecule has 110 valence electrons. The van der Waals surface area contributed by atoms with Gasteiger partial charge in [-0.15, -0.1) is 0 Å². The number of carbonyl (C=O) groups is 1. The second-order valence-electron chi connectivity index (χ2n) is 4.53. The molecule has 0 radical (unpaired) electrons. The first-order valence-corrected chi connectivity index (χ1v) is 6.62. The SMILES string of the molecule is COc1cc(CN(C)C(=O)c2ccnc(Cl)c2)ccc1O. The van der Waals surface area contributed by atoms with Crippen LogP contribution in [0.2, 0.25) is 5.15 Å². The van der Waals surface area contributed by atoms with E-state index in [0.717, 1.165) is 5.56 Å². The number of phenolic OH excluding ortho intramolecular Hbond substituents is 1. The largest absolute Gasteiger partial charge is 0.504 e. The highest BCUT2D eigenvalue weighted by molar-refractivity contribution is 6.29. The van der Waals surface area contributed by atoms with Gasteiger partial charge >= 0.3 is 0 Å². The van der Waals surface area contributed by atoms with Gasteiger partial charge in [0.05, 0.1) is 7.11 Å². The summed E-state index contributed by atoms with van der Waals surface area (Å²) in [5.74, 6) is 0.280. The Morgan fingerprint density at radius 3 is 2.81 bits per heavy atom. The van der Waals surface area contributed by atoms with Gasteiger partial charge in [0, 0.05) is 25.4 Å². The Morgan fingerprint density at radius 1 is 1.38 bits per heavy atom. The van der Waals surface area contributed by atoms with Gasteiger partial charge < -0.3 is 14.7 Å². The molecule has 6 heteroatoms. The fourth-order valence-corrected chi connectivity index (χ4v) is 2.10. The van der Waals surface area contributed by atoms with Gasteiger partial charge in [-0.05, 0) is 29.8 Å². The number of benzene rings is 1. The number of aromatic hydroxyl groups is 1. The lowest BCUT2D eigenvalue weighted by Gasteiger charge is -2.18. The van der Waals surface area contributed by atoms with Crippen LogP contribution in [0, 0.1) is 0 Å². The third-order valence-corrected chi connectivity index (χ3v) is 3.19. The first kappa shape index (κ1) is 15.1. The molecule has 1 N–H and O–H groups in total. The highest BCUT2D eigenvalue weighted by Gasteiger charge is 2.13. The van der Waals surface area contributed by atoms with Crippen molar-refractivity contribution < 1.29 is 14.6 Å². The number of hydrogen-bond acceptors (Lipinski definition) is 4. The zero-order valence-electron chi connectivity index (χ0n) is 11.7. The molecular weight excluding hydrogens is 292 g/mol. The second kappa shape index (κ2) is 6.45. The number of phenols is 1. The molecule has 0 saturated heterocycles. The maximum absolute atomic E-state index is 12.3. The molecular formula is C15H15ClN2O3. The Morgan fingerprint density at radius 2 is 2.14 bits per heavy atom. The maximum Gasteiger partial charge on any atom is 0.254 e. The smallest absolute Gasteiger partial charge is 0.254 e. The summed E-state index contributed by atoms with van der Waals surface area (Å²) in [6.45, 7) is 0.384. The van der Waals surface area contributed by atoms with E-state index in [0.29, 0.717) is 17.9 Å². The molecule has 1 heterocycles. The van der Waals surface area contributed by atoms with E-state index < -0.39 is 0 Å². The molecule has 0 spiro atoms. The topological polar surface area (TPSA) is 62.7 Å². The van der Waals surface area contributed by atoms with Crippen molar-refractivity contribution in [1.29, 1.82) is 0 Å². The van der Waals surface area contributed by atoms with Gasteiger partial charge in [0.25, 0.3) is 5.91 Å². The molecule has 5 nitrogen and oxygen atoms in total. The molecule has 2 aromatic rings. The molecule has 0 atom stereocenters. The second-order valence-corrected chi connectivity index (χ2v) is 4.92. The van der Waals surface area contributed by atoms with E-state index >= 15 is 0 Å². The van der Waals surface area contributed by atoms with Gasteiger partial charge in [-0.3, -0.25) is 4.79 Å². The number of aromatic nitrogens is 1. The average molecular weight is 307 g/mol. The number of amides is 1. The van der Waals surface area contributed by atoms with Crippen molar-refractivity contribution in [2.45, 2.75) is 6.54 Å². The quantitative estimate of drug-likeness (QED) is 0.882. The zero-order chi connectivity index (χ0) is 15.4. The molecule has 0 aliphatic heterocycles. The van der Waals surface area contributed by atoms with E-state index in [1.54, 1.807) is 30.1 Å².